The van der Waals surface area contributed by atoms with Crippen molar-refractivity contribution in [3.05, 3.63) is 53.6 Å². The van der Waals surface area contributed by atoms with Crippen molar-refractivity contribution in [1.82, 2.24) is 0 Å². The van der Waals surface area contributed by atoms with Crippen LogP contribution in [0, 0.1) is 0 Å². The molecule has 2 N–H and O–H groups in total. The first-order valence-corrected chi connectivity index (χ1v) is 7.93. The molecule has 0 heterocycles. The van der Waals surface area contributed by atoms with Crippen molar-refractivity contribution in [2.45, 2.75) is 37.6 Å². The monoisotopic (exact) mass is 352 g/mol. The summed E-state index contributed by atoms with van der Waals surface area (Å²) in [7, 11) is 0. The molecule has 1 atom stereocenters. The molecule has 1 aliphatic carbocycles. The Morgan fingerprint density at radius 1 is 1.00 bits per heavy atom. The van der Waals surface area contributed by atoms with Crippen LogP contribution in [-0.2, 0) is 5.60 Å². The molecule has 3 nitrogen and oxygen atoms in total. The Hall–Kier alpha value is -2.05. The molecule has 0 spiro atoms. The molecule has 0 aliphatic heterocycles. The number of rotatable bonds is 4. The van der Waals surface area contributed by atoms with Gasteiger partial charge in [0.1, 0.15) is 5.75 Å². The lowest BCUT2D eigenvalue weighted by Crippen LogP contribution is -2.41. The van der Waals surface area contributed by atoms with Crippen LogP contribution >= 0.6 is 0 Å². The van der Waals surface area contributed by atoms with Crippen molar-refractivity contribution >= 4 is 0 Å². The molecule has 0 aromatic heterocycles. The van der Waals surface area contributed by atoms with E-state index in [1.54, 1.807) is 32.0 Å². The Kier molecular flexibility index (Phi) is 4.08. The predicted octanol–water partition coefficient (Wildman–Crippen LogP) is 4.01. The summed E-state index contributed by atoms with van der Waals surface area (Å²) < 4.78 is 46.8. The normalized spacial score (nSPS) is 19.5. The number of alkyl halides is 3. The summed E-state index contributed by atoms with van der Waals surface area (Å²) in [5.41, 5.74) is -3.89. The molecule has 0 fully saturated rings. The van der Waals surface area contributed by atoms with E-state index in [2.05, 4.69) is 0 Å². The van der Waals surface area contributed by atoms with Crippen molar-refractivity contribution in [3.63, 3.8) is 0 Å². The van der Waals surface area contributed by atoms with Crippen LogP contribution in [0.5, 0.6) is 5.75 Å². The van der Waals surface area contributed by atoms with Gasteiger partial charge < -0.3 is 14.9 Å². The van der Waals surface area contributed by atoms with E-state index in [0.717, 1.165) is 0 Å². The van der Waals surface area contributed by atoms with Crippen LogP contribution in [0.4, 0.5) is 13.2 Å². The average molecular weight is 352 g/mol. The second-order valence-electron chi connectivity index (χ2n) is 6.84. The standard InChI is InChI=1S/C19H19F3O3/c1-17(2,23)10-11-25-15-9-5-8-14-16(15)12-6-3-4-7-13(12)18(14,24)19(20,21)22/h3-9,23-24H,10-11H2,1-2H3/t18-/m1/s1. The SMILES string of the molecule is CC(C)(O)CCOc1cccc2c1-c1ccccc1[C@]2(O)C(F)(F)F. The molecule has 0 saturated carbocycles. The molecule has 1 aliphatic rings. The zero-order valence-electron chi connectivity index (χ0n) is 13.9. The fourth-order valence-electron chi connectivity index (χ4n) is 3.11. The Morgan fingerprint density at radius 2 is 1.64 bits per heavy atom. The second-order valence-corrected chi connectivity index (χ2v) is 6.84. The molecular formula is C19H19F3O3. The van der Waals surface area contributed by atoms with E-state index < -0.39 is 17.4 Å². The molecule has 0 saturated heterocycles. The molecule has 0 unspecified atom stereocenters. The summed E-state index contributed by atoms with van der Waals surface area (Å²) in [6.45, 7) is 3.40. The van der Waals surface area contributed by atoms with E-state index in [4.69, 9.17) is 4.74 Å². The maximum Gasteiger partial charge on any atom is 0.425 e. The van der Waals surface area contributed by atoms with Crippen LogP contribution < -0.4 is 4.74 Å². The maximum atomic E-state index is 13.7. The first kappa shape index (κ1) is 17.8. The van der Waals surface area contributed by atoms with Gasteiger partial charge in [-0.25, -0.2) is 0 Å². The Balaban J connectivity index is 2.10. The van der Waals surface area contributed by atoms with Crippen LogP contribution in [0.25, 0.3) is 11.1 Å². The van der Waals surface area contributed by atoms with Gasteiger partial charge in [0.15, 0.2) is 0 Å². The summed E-state index contributed by atoms with van der Waals surface area (Å²) in [6, 6.07) is 10.2. The number of ether oxygens (including phenoxy) is 1. The van der Waals surface area contributed by atoms with Gasteiger partial charge in [0.25, 0.3) is 0 Å². The molecular weight excluding hydrogens is 333 g/mol. The van der Waals surface area contributed by atoms with Crippen molar-refractivity contribution in [3.8, 4) is 16.9 Å². The number of halogens is 3. The summed E-state index contributed by atoms with van der Waals surface area (Å²) in [6.07, 6.45) is -4.54. The van der Waals surface area contributed by atoms with Crippen molar-refractivity contribution in [2.24, 2.45) is 0 Å². The molecule has 3 rings (SSSR count). The van der Waals surface area contributed by atoms with Crippen LogP contribution in [-0.4, -0.2) is 28.6 Å². The van der Waals surface area contributed by atoms with Gasteiger partial charge in [-0.15, -0.1) is 0 Å². The zero-order chi connectivity index (χ0) is 18.5. The Labute approximate surface area is 143 Å². The van der Waals surface area contributed by atoms with Gasteiger partial charge >= 0.3 is 6.18 Å². The summed E-state index contributed by atoms with van der Waals surface area (Å²) >= 11 is 0. The van der Waals surface area contributed by atoms with E-state index >= 15 is 0 Å². The van der Waals surface area contributed by atoms with E-state index in [-0.39, 0.29) is 29.0 Å². The van der Waals surface area contributed by atoms with Crippen LogP contribution in [0.1, 0.15) is 31.4 Å². The van der Waals surface area contributed by atoms with Gasteiger partial charge in [-0.3, -0.25) is 0 Å². The number of fused-ring (bicyclic) bond motifs is 3. The summed E-state index contributed by atoms with van der Waals surface area (Å²) in [5, 5.41) is 20.4. The largest absolute Gasteiger partial charge is 0.493 e. The minimum atomic E-state index is -4.86. The third-order valence-electron chi connectivity index (χ3n) is 4.38. The maximum absolute atomic E-state index is 13.7. The van der Waals surface area contributed by atoms with E-state index in [1.165, 1.54) is 24.3 Å². The Bertz CT molecular complexity index is 793. The number of hydrogen-bond donors (Lipinski definition) is 2. The van der Waals surface area contributed by atoms with E-state index in [0.29, 0.717) is 12.0 Å². The fraction of sp³-hybridized carbons (Fsp3) is 0.368. The molecule has 2 aromatic carbocycles. The topological polar surface area (TPSA) is 49.7 Å². The Morgan fingerprint density at radius 3 is 2.28 bits per heavy atom. The highest BCUT2D eigenvalue weighted by atomic mass is 19.4. The first-order chi connectivity index (χ1) is 11.6. The molecule has 6 heteroatoms. The molecule has 0 bridgehead atoms. The smallest absolute Gasteiger partial charge is 0.425 e. The summed E-state index contributed by atoms with van der Waals surface area (Å²) in [4.78, 5) is 0. The molecule has 25 heavy (non-hydrogen) atoms. The zero-order valence-corrected chi connectivity index (χ0v) is 13.9. The minimum absolute atomic E-state index is 0.145. The first-order valence-electron chi connectivity index (χ1n) is 7.93. The average Bonchev–Trinajstić information content (AvgIpc) is 2.78. The third kappa shape index (κ3) is 2.89. The van der Waals surface area contributed by atoms with Crippen LogP contribution in [0.2, 0.25) is 0 Å². The third-order valence-corrected chi connectivity index (χ3v) is 4.38. The van der Waals surface area contributed by atoms with Crippen molar-refractivity contribution < 1.29 is 28.1 Å². The lowest BCUT2D eigenvalue weighted by molar-refractivity contribution is -0.246. The van der Waals surface area contributed by atoms with Crippen LogP contribution in [0.15, 0.2) is 42.5 Å². The number of benzene rings is 2. The minimum Gasteiger partial charge on any atom is -0.493 e. The van der Waals surface area contributed by atoms with Gasteiger partial charge in [0, 0.05) is 23.1 Å². The van der Waals surface area contributed by atoms with Gasteiger partial charge in [-0.2, -0.15) is 13.2 Å². The molecule has 0 radical (unpaired) electrons. The van der Waals surface area contributed by atoms with E-state index in [1.807, 2.05) is 0 Å². The van der Waals surface area contributed by atoms with Gasteiger partial charge in [-0.1, -0.05) is 36.4 Å². The van der Waals surface area contributed by atoms with E-state index in [9.17, 15) is 23.4 Å². The molecule has 2 aromatic rings. The summed E-state index contributed by atoms with van der Waals surface area (Å²) in [5.74, 6) is 0.259. The quantitative estimate of drug-likeness (QED) is 0.874. The van der Waals surface area contributed by atoms with Crippen molar-refractivity contribution in [1.29, 1.82) is 0 Å². The lowest BCUT2D eigenvalue weighted by atomic mass is 9.91. The number of hydrogen-bond acceptors (Lipinski definition) is 3. The molecule has 134 valence electrons. The van der Waals surface area contributed by atoms with Crippen LogP contribution in [0.3, 0.4) is 0 Å². The molecule has 0 amide bonds. The van der Waals surface area contributed by atoms with Gasteiger partial charge in [0.05, 0.1) is 12.2 Å². The lowest BCUT2D eigenvalue weighted by Gasteiger charge is -2.28. The van der Waals surface area contributed by atoms with Gasteiger partial charge in [-0.05, 0) is 25.5 Å². The predicted molar refractivity (Wildman–Crippen MR) is 87.3 cm³/mol. The highest BCUT2D eigenvalue weighted by Crippen LogP contribution is 2.57. The fourth-order valence-corrected chi connectivity index (χ4v) is 3.11. The van der Waals surface area contributed by atoms with Crippen molar-refractivity contribution in [2.75, 3.05) is 6.61 Å². The number of aliphatic hydroxyl groups is 2. The highest BCUT2D eigenvalue weighted by Gasteiger charge is 2.61. The highest BCUT2D eigenvalue weighted by molar-refractivity contribution is 5.85. The second kappa shape index (κ2) is 5.75. The van der Waals surface area contributed by atoms with Gasteiger partial charge in [0.2, 0.25) is 5.60 Å².